The molecule has 1 heterocycles. The molecule has 2 aromatic carbocycles. The van der Waals surface area contributed by atoms with Crippen LogP contribution in [0.25, 0.3) is 11.4 Å². The van der Waals surface area contributed by atoms with E-state index in [4.69, 9.17) is 4.74 Å². The van der Waals surface area contributed by atoms with E-state index in [1.807, 2.05) is 67.1 Å². The summed E-state index contributed by atoms with van der Waals surface area (Å²) in [7, 11) is 3.54. The zero-order chi connectivity index (χ0) is 21.0. The van der Waals surface area contributed by atoms with Crippen molar-refractivity contribution in [2.75, 3.05) is 12.4 Å². The van der Waals surface area contributed by atoms with Gasteiger partial charge in [0.2, 0.25) is 5.91 Å². The summed E-state index contributed by atoms with van der Waals surface area (Å²) in [6.45, 7) is 6.10. The molecule has 0 aliphatic carbocycles. The number of amides is 1. The SMILES string of the molecule is COc1ccc(-c2nnc(SC(C)C(=O)Nc3ccccc3C(C)C)n2C)cc1. The minimum atomic E-state index is -0.318. The minimum absolute atomic E-state index is 0.0582. The number of para-hydroxylation sites is 1. The maximum absolute atomic E-state index is 12.7. The van der Waals surface area contributed by atoms with E-state index >= 15 is 0 Å². The van der Waals surface area contributed by atoms with Crippen molar-refractivity contribution in [2.24, 2.45) is 7.05 Å². The van der Waals surface area contributed by atoms with E-state index in [-0.39, 0.29) is 11.2 Å². The average Bonchev–Trinajstić information content (AvgIpc) is 3.08. The maximum atomic E-state index is 12.7. The van der Waals surface area contributed by atoms with Crippen molar-refractivity contribution >= 4 is 23.4 Å². The third-order valence-electron chi connectivity index (χ3n) is 4.68. The predicted molar refractivity (Wildman–Crippen MR) is 117 cm³/mol. The van der Waals surface area contributed by atoms with Crippen LogP contribution >= 0.6 is 11.8 Å². The first-order chi connectivity index (χ1) is 13.9. The second-order valence-corrected chi connectivity index (χ2v) is 8.39. The lowest BCUT2D eigenvalue weighted by atomic mass is 10.0. The molecular formula is C22H26N4O2S. The molecule has 0 aliphatic rings. The first kappa shape index (κ1) is 20.9. The molecule has 0 saturated heterocycles. The van der Waals surface area contributed by atoms with Crippen LogP contribution in [0.2, 0.25) is 0 Å². The smallest absolute Gasteiger partial charge is 0.237 e. The zero-order valence-corrected chi connectivity index (χ0v) is 18.2. The fourth-order valence-corrected chi connectivity index (χ4v) is 3.78. The normalized spacial score (nSPS) is 12.1. The molecule has 0 spiro atoms. The summed E-state index contributed by atoms with van der Waals surface area (Å²) >= 11 is 1.39. The summed E-state index contributed by atoms with van der Waals surface area (Å²) in [6.07, 6.45) is 0. The van der Waals surface area contributed by atoms with Crippen LogP contribution in [0.5, 0.6) is 5.75 Å². The highest BCUT2D eigenvalue weighted by molar-refractivity contribution is 8.00. The number of aromatic nitrogens is 3. The van der Waals surface area contributed by atoms with Crippen LogP contribution in [0, 0.1) is 0 Å². The Morgan fingerprint density at radius 3 is 2.41 bits per heavy atom. The molecule has 1 aromatic heterocycles. The standard InChI is InChI=1S/C22H26N4O2S/c1-14(2)18-8-6-7-9-19(18)23-21(27)15(3)29-22-25-24-20(26(22)4)16-10-12-17(28-5)13-11-16/h6-15H,1-5H3,(H,23,27). The molecule has 1 atom stereocenters. The molecule has 7 heteroatoms. The molecule has 1 unspecified atom stereocenters. The molecule has 0 aliphatic heterocycles. The number of anilines is 1. The lowest BCUT2D eigenvalue weighted by Crippen LogP contribution is -2.23. The van der Waals surface area contributed by atoms with Crippen LogP contribution in [0.1, 0.15) is 32.3 Å². The predicted octanol–water partition coefficient (Wildman–Crippen LogP) is 4.73. The van der Waals surface area contributed by atoms with Gasteiger partial charge in [0.25, 0.3) is 0 Å². The van der Waals surface area contributed by atoms with Crippen LogP contribution in [0.4, 0.5) is 5.69 Å². The summed E-state index contributed by atoms with van der Waals surface area (Å²) in [5.41, 5.74) is 2.92. The summed E-state index contributed by atoms with van der Waals surface area (Å²) in [6, 6.07) is 15.6. The quantitative estimate of drug-likeness (QED) is 0.570. The number of nitrogens with zero attached hydrogens (tertiary/aromatic N) is 3. The van der Waals surface area contributed by atoms with Crippen molar-refractivity contribution in [1.82, 2.24) is 14.8 Å². The van der Waals surface area contributed by atoms with Gasteiger partial charge in [0.1, 0.15) is 5.75 Å². The van der Waals surface area contributed by atoms with E-state index < -0.39 is 0 Å². The van der Waals surface area contributed by atoms with E-state index in [9.17, 15) is 4.79 Å². The topological polar surface area (TPSA) is 69.0 Å². The number of benzene rings is 2. The van der Waals surface area contributed by atoms with Gasteiger partial charge in [-0.25, -0.2) is 0 Å². The first-order valence-electron chi connectivity index (χ1n) is 9.51. The Morgan fingerprint density at radius 1 is 1.07 bits per heavy atom. The molecule has 29 heavy (non-hydrogen) atoms. The van der Waals surface area contributed by atoms with E-state index in [0.29, 0.717) is 11.1 Å². The van der Waals surface area contributed by atoms with Crippen LogP contribution < -0.4 is 10.1 Å². The second-order valence-electron chi connectivity index (χ2n) is 7.08. The lowest BCUT2D eigenvalue weighted by molar-refractivity contribution is -0.115. The molecule has 0 fully saturated rings. The summed E-state index contributed by atoms with van der Waals surface area (Å²) in [5.74, 6) is 1.81. The maximum Gasteiger partial charge on any atom is 0.237 e. The molecule has 3 rings (SSSR count). The number of hydrogen-bond acceptors (Lipinski definition) is 5. The number of thioether (sulfide) groups is 1. The van der Waals surface area contributed by atoms with Gasteiger partial charge in [0, 0.05) is 18.3 Å². The van der Waals surface area contributed by atoms with Gasteiger partial charge in [0.15, 0.2) is 11.0 Å². The Labute approximate surface area is 175 Å². The second kappa shape index (κ2) is 9.13. The van der Waals surface area contributed by atoms with Crippen molar-refractivity contribution in [2.45, 2.75) is 37.1 Å². The Balaban J connectivity index is 1.71. The molecule has 6 nitrogen and oxygen atoms in total. The van der Waals surface area contributed by atoms with E-state index in [1.54, 1.807) is 7.11 Å². The monoisotopic (exact) mass is 410 g/mol. The van der Waals surface area contributed by atoms with Crippen LogP contribution in [-0.2, 0) is 11.8 Å². The van der Waals surface area contributed by atoms with Gasteiger partial charge in [0.05, 0.1) is 12.4 Å². The highest BCUT2D eigenvalue weighted by Crippen LogP contribution is 2.28. The largest absolute Gasteiger partial charge is 0.497 e. The summed E-state index contributed by atoms with van der Waals surface area (Å²) in [4.78, 5) is 12.7. The average molecular weight is 411 g/mol. The van der Waals surface area contributed by atoms with Gasteiger partial charge in [-0.05, 0) is 48.7 Å². The van der Waals surface area contributed by atoms with Gasteiger partial charge >= 0.3 is 0 Å². The number of ether oxygens (including phenoxy) is 1. The Hall–Kier alpha value is -2.80. The van der Waals surface area contributed by atoms with Crippen molar-refractivity contribution in [1.29, 1.82) is 0 Å². The number of carbonyl (C=O) groups is 1. The zero-order valence-electron chi connectivity index (χ0n) is 17.3. The van der Waals surface area contributed by atoms with Gasteiger partial charge < -0.3 is 14.6 Å². The highest BCUT2D eigenvalue weighted by Gasteiger charge is 2.20. The number of methoxy groups -OCH3 is 1. The summed E-state index contributed by atoms with van der Waals surface area (Å²) < 4.78 is 7.10. The molecule has 0 saturated carbocycles. The third-order valence-corrected chi connectivity index (χ3v) is 5.81. The van der Waals surface area contributed by atoms with Crippen LogP contribution in [-0.4, -0.2) is 33.0 Å². The van der Waals surface area contributed by atoms with Crippen LogP contribution in [0.3, 0.4) is 0 Å². The third kappa shape index (κ3) is 4.79. The fourth-order valence-electron chi connectivity index (χ4n) is 2.97. The van der Waals surface area contributed by atoms with Crippen molar-refractivity contribution in [3.8, 4) is 17.1 Å². The van der Waals surface area contributed by atoms with Crippen molar-refractivity contribution in [3.63, 3.8) is 0 Å². The van der Waals surface area contributed by atoms with Gasteiger partial charge in [-0.1, -0.05) is 43.8 Å². The molecular weight excluding hydrogens is 384 g/mol. The summed E-state index contributed by atoms with van der Waals surface area (Å²) in [5, 5.41) is 12.0. The van der Waals surface area contributed by atoms with Gasteiger partial charge in [-0.3, -0.25) is 4.79 Å². The molecule has 0 radical (unpaired) electrons. The number of nitrogens with one attached hydrogen (secondary N) is 1. The Bertz CT molecular complexity index is 983. The molecule has 3 aromatic rings. The number of hydrogen-bond donors (Lipinski definition) is 1. The Kier molecular flexibility index (Phi) is 6.59. The molecule has 1 amide bonds. The van der Waals surface area contributed by atoms with E-state index in [0.717, 1.165) is 28.4 Å². The van der Waals surface area contributed by atoms with Crippen molar-refractivity contribution in [3.05, 3.63) is 54.1 Å². The minimum Gasteiger partial charge on any atom is -0.497 e. The highest BCUT2D eigenvalue weighted by atomic mass is 32.2. The fraction of sp³-hybridized carbons (Fsp3) is 0.318. The molecule has 1 N–H and O–H groups in total. The number of carbonyl (C=O) groups excluding carboxylic acids is 1. The Morgan fingerprint density at radius 2 is 1.76 bits per heavy atom. The van der Waals surface area contributed by atoms with E-state index in [1.165, 1.54) is 11.8 Å². The first-order valence-corrected chi connectivity index (χ1v) is 10.4. The molecule has 152 valence electrons. The van der Waals surface area contributed by atoms with E-state index in [2.05, 4.69) is 29.4 Å². The number of rotatable bonds is 7. The van der Waals surface area contributed by atoms with Gasteiger partial charge in [-0.2, -0.15) is 0 Å². The lowest BCUT2D eigenvalue weighted by Gasteiger charge is -2.16. The van der Waals surface area contributed by atoms with Crippen molar-refractivity contribution < 1.29 is 9.53 Å². The van der Waals surface area contributed by atoms with Crippen LogP contribution in [0.15, 0.2) is 53.7 Å². The van der Waals surface area contributed by atoms with Gasteiger partial charge in [-0.15, -0.1) is 10.2 Å². The molecule has 0 bridgehead atoms.